The van der Waals surface area contributed by atoms with Crippen LogP contribution in [0.5, 0.6) is 0 Å². The minimum absolute atomic E-state index is 0.0370. The molecule has 12 heavy (non-hydrogen) atoms. The van der Waals surface area contributed by atoms with E-state index in [4.69, 9.17) is 5.73 Å². The molecule has 0 spiro atoms. The van der Waals surface area contributed by atoms with Gasteiger partial charge in [0.25, 0.3) is 0 Å². The van der Waals surface area contributed by atoms with Crippen LogP contribution in [-0.4, -0.2) is 19.0 Å². The maximum Gasteiger partial charge on any atom is 0.221 e. The van der Waals surface area contributed by atoms with Crippen molar-refractivity contribution in [3.05, 3.63) is 0 Å². The highest BCUT2D eigenvalue weighted by Gasteiger charge is 2.17. The van der Waals surface area contributed by atoms with Gasteiger partial charge in [-0.25, -0.2) is 0 Å². The molecule has 1 aliphatic carbocycles. The SMILES string of the molecule is CC(CNCC1CCC1)C(N)=O. The third kappa shape index (κ3) is 2.81. The van der Waals surface area contributed by atoms with Crippen LogP contribution in [0.2, 0.25) is 0 Å². The second-order valence-electron chi connectivity index (χ2n) is 3.76. The smallest absolute Gasteiger partial charge is 0.221 e. The molecule has 3 nitrogen and oxygen atoms in total. The normalized spacial score (nSPS) is 20.1. The van der Waals surface area contributed by atoms with Gasteiger partial charge in [0, 0.05) is 12.5 Å². The van der Waals surface area contributed by atoms with Gasteiger partial charge in [-0.15, -0.1) is 0 Å². The quantitative estimate of drug-likeness (QED) is 0.631. The van der Waals surface area contributed by atoms with E-state index in [2.05, 4.69) is 5.32 Å². The summed E-state index contributed by atoms with van der Waals surface area (Å²) >= 11 is 0. The Balaban J connectivity index is 1.97. The van der Waals surface area contributed by atoms with Crippen LogP contribution in [0.15, 0.2) is 0 Å². The van der Waals surface area contributed by atoms with Gasteiger partial charge in [-0.3, -0.25) is 4.79 Å². The summed E-state index contributed by atoms with van der Waals surface area (Å²) < 4.78 is 0. The summed E-state index contributed by atoms with van der Waals surface area (Å²) in [5, 5.41) is 3.27. The van der Waals surface area contributed by atoms with Gasteiger partial charge in [-0.2, -0.15) is 0 Å². The second kappa shape index (κ2) is 4.45. The van der Waals surface area contributed by atoms with E-state index in [1.165, 1.54) is 19.3 Å². The van der Waals surface area contributed by atoms with E-state index in [0.29, 0.717) is 0 Å². The zero-order chi connectivity index (χ0) is 8.97. The Bertz CT molecular complexity index is 155. The molecule has 1 amide bonds. The third-order valence-corrected chi connectivity index (χ3v) is 2.59. The van der Waals surface area contributed by atoms with Gasteiger partial charge in [0.05, 0.1) is 0 Å². The highest BCUT2D eigenvalue weighted by molar-refractivity contribution is 5.76. The Morgan fingerprint density at radius 1 is 1.67 bits per heavy atom. The average molecular weight is 170 g/mol. The van der Waals surface area contributed by atoms with Gasteiger partial charge in [-0.1, -0.05) is 13.3 Å². The number of nitrogens with one attached hydrogen (secondary N) is 1. The number of nitrogens with two attached hydrogens (primary N) is 1. The first-order chi connectivity index (χ1) is 5.70. The molecule has 3 heteroatoms. The van der Waals surface area contributed by atoms with Gasteiger partial charge < -0.3 is 11.1 Å². The predicted molar refractivity (Wildman–Crippen MR) is 48.6 cm³/mol. The number of primary amides is 1. The largest absolute Gasteiger partial charge is 0.369 e. The summed E-state index contributed by atoms with van der Waals surface area (Å²) in [6.07, 6.45) is 4.06. The van der Waals surface area contributed by atoms with Crippen molar-refractivity contribution < 1.29 is 4.79 Å². The molecule has 0 saturated heterocycles. The zero-order valence-electron chi connectivity index (χ0n) is 7.68. The summed E-state index contributed by atoms with van der Waals surface area (Å²) in [6, 6.07) is 0. The topological polar surface area (TPSA) is 55.1 Å². The highest BCUT2D eigenvalue weighted by Crippen LogP contribution is 2.25. The minimum atomic E-state index is -0.212. The van der Waals surface area contributed by atoms with Crippen molar-refractivity contribution in [2.24, 2.45) is 17.6 Å². The first kappa shape index (κ1) is 9.52. The lowest BCUT2D eigenvalue weighted by atomic mass is 9.85. The maximum absolute atomic E-state index is 10.6. The van der Waals surface area contributed by atoms with Crippen molar-refractivity contribution in [2.45, 2.75) is 26.2 Å². The van der Waals surface area contributed by atoms with Crippen LogP contribution in [0.4, 0.5) is 0 Å². The summed E-state index contributed by atoms with van der Waals surface area (Å²) in [7, 11) is 0. The van der Waals surface area contributed by atoms with E-state index >= 15 is 0 Å². The molecular formula is C9H18N2O. The van der Waals surface area contributed by atoms with Crippen molar-refractivity contribution >= 4 is 5.91 Å². The molecule has 0 aliphatic heterocycles. The molecule has 3 N–H and O–H groups in total. The summed E-state index contributed by atoms with van der Waals surface area (Å²) in [4.78, 5) is 10.6. The van der Waals surface area contributed by atoms with Crippen LogP contribution in [0.3, 0.4) is 0 Å². The molecule has 70 valence electrons. The molecule has 1 saturated carbocycles. The third-order valence-electron chi connectivity index (χ3n) is 2.59. The van der Waals surface area contributed by atoms with Crippen LogP contribution in [0.1, 0.15) is 26.2 Å². The number of rotatable bonds is 5. The predicted octanol–water partition coefficient (Wildman–Crippen LogP) is 0.497. The molecule has 0 bridgehead atoms. The number of carbonyl (C=O) groups excluding carboxylic acids is 1. The van der Waals surface area contributed by atoms with Gasteiger partial charge >= 0.3 is 0 Å². The lowest BCUT2D eigenvalue weighted by molar-refractivity contribution is -0.121. The van der Waals surface area contributed by atoms with Crippen LogP contribution in [0.25, 0.3) is 0 Å². The Hall–Kier alpha value is -0.570. The number of hydrogen-bond donors (Lipinski definition) is 2. The van der Waals surface area contributed by atoms with E-state index in [-0.39, 0.29) is 11.8 Å². The van der Waals surface area contributed by atoms with Crippen LogP contribution in [0, 0.1) is 11.8 Å². The van der Waals surface area contributed by atoms with E-state index in [1.807, 2.05) is 6.92 Å². The molecule has 1 fully saturated rings. The summed E-state index contributed by atoms with van der Waals surface area (Å²) in [5.41, 5.74) is 5.12. The fourth-order valence-corrected chi connectivity index (χ4v) is 1.30. The first-order valence-corrected chi connectivity index (χ1v) is 4.70. The van der Waals surface area contributed by atoms with Crippen molar-refractivity contribution in [1.82, 2.24) is 5.32 Å². The summed E-state index contributed by atoms with van der Waals surface area (Å²) in [5.74, 6) is 0.603. The molecule has 0 radical (unpaired) electrons. The van der Waals surface area contributed by atoms with Crippen LogP contribution < -0.4 is 11.1 Å². The number of amides is 1. The number of carbonyl (C=O) groups is 1. The Morgan fingerprint density at radius 3 is 2.75 bits per heavy atom. The monoisotopic (exact) mass is 170 g/mol. The second-order valence-corrected chi connectivity index (χ2v) is 3.76. The van der Waals surface area contributed by atoms with Gasteiger partial charge in [0.15, 0.2) is 0 Å². The Kier molecular flexibility index (Phi) is 3.53. The molecule has 1 aliphatic rings. The van der Waals surface area contributed by atoms with E-state index in [1.54, 1.807) is 0 Å². The van der Waals surface area contributed by atoms with Gasteiger partial charge in [0.1, 0.15) is 0 Å². The van der Waals surface area contributed by atoms with Crippen molar-refractivity contribution in [3.8, 4) is 0 Å². The molecule has 0 aromatic rings. The molecule has 0 aromatic heterocycles. The minimum Gasteiger partial charge on any atom is -0.369 e. The van der Waals surface area contributed by atoms with Crippen molar-refractivity contribution in [3.63, 3.8) is 0 Å². The molecule has 1 atom stereocenters. The van der Waals surface area contributed by atoms with Crippen molar-refractivity contribution in [1.29, 1.82) is 0 Å². The van der Waals surface area contributed by atoms with Crippen LogP contribution >= 0.6 is 0 Å². The first-order valence-electron chi connectivity index (χ1n) is 4.70. The molecule has 1 unspecified atom stereocenters. The number of hydrogen-bond acceptors (Lipinski definition) is 2. The Labute approximate surface area is 73.7 Å². The fraction of sp³-hybridized carbons (Fsp3) is 0.889. The lowest BCUT2D eigenvalue weighted by Gasteiger charge is -2.25. The molecular weight excluding hydrogens is 152 g/mol. The van der Waals surface area contributed by atoms with Gasteiger partial charge in [-0.05, 0) is 25.3 Å². The standard InChI is InChI=1S/C9H18N2O/c1-7(9(10)12)5-11-6-8-3-2-4-8/h7-8,11H,2-6H2,1H3,(H2,10,12). The highest BCUT2D eigenvalue weighted by atomic mass is 16.1. The maximum atomic E-state index is 10.6. The van der Waals surface area contributed by atoms with E-state index < -0.39 is 0 Å². The molecule has 0 aromatic carbocycles. The molecule has 0 heterocycles. The van der Waals surface area contributed by atoms with Crippen LogP contribution in [-0.2, 0) is 4.79 Å². The Morgan fingerprint density at radius 2 is 2.33 bits per heavy atom. The molecule has 1 rings (SSSR count). The summed E-state index contributed by atoms with van der Waals surface area (Å²) in [6.45, 7) is 3.64. The fourth-order valence-electron chi connectivity index (χ4n) is 1.30. The van der Waals surface area contributed by atoms with Gasteiger partial charge in [0.2, 0.25) is 5.91 Å². The van der Waals surface area contributed by atoms with E-state index in [0.717, 1.165) is 19.0 Å². The lowest BCUT2D eigenvalue weighted by Crippen LogP contribution is -2.35. The van der Waals surface area contributed by atoms with E-state index in [9.17, 15) is 4.79 Å². The average Bonchev–Trinajstić information content (AvgIpc) is 1.93. The zero-order valence-corrected chi connectivity index (χ0v) is 7.68. The van der Waals surface area contributed by atoms with Crippen molar-refractivity contribution in [2.75, 3.05) is 13.1 Å².